The van der Waals surface area contributed by atoms with Crippen molar-refractivity contribution in [3.63, 3.8) is 0 Å². The molecule has 2 aliphatic heterocycles. The molecule has 2 amide bonds. The topological polar surface area (TPSA) is 61.7 Å². The molecular formula is C22H29N5O2. The van der Waals surface area contributed by atoms with Gasteiger partial charge in [-0.05, 0) is 37.5 Å². The number of aryl methyl sites for hydroxylation is 1. The Kier molecular flexibility index (Phi) is 4.78. The van der Waals surface area contributed by atoms with Gasteiger partial charge in [-0.3, -0.25) is 14.5 Å². The Morgan fingerprint density at radius 1 is 1.00 bits per heavy atom. The second-order valence-corrected chi connectivity index (χ2v) is 8.77. The number of benzene rings is 1. The van der Waals surface area contributed by atoms with E-state index >= 15 is 0 Å². The third-order valence-corrected chi connectivity index (χ3v) is 6.92. The van der Waals surface area contributed by atoms with E-state index in [1.54, 1.807) is 11.2 Å². The summed E-state index contributed by atoms with van der Waals surface area (Å²) in [5, 5.41) is 0. The summed E-state index contributed by atoms with van der Waals surface area (Å²) in [6, 6.07) is 6.38. The highest BCUT2D eigenvalue weighted by atomic mass is 16.2. The fourth-order valence-corrected chi connectivity index (χ4v) is 4.79. The molecule has 7 nitrogen and oxygen atoms in total. The molecule has 3 heterocycles. The Balaban J connectivity index is 1.16. The van der Waals surface area contributed by atoms with Gasteiger partial charge in [-0.1, -0.05) is 6.42 Å². The lowest BCUT2D eigenvalue weighted by atomic mass is 9.91. The first-order valence-corrected chi connectivity index (χ1v) is 10.8. The van der Waals surface area contributed by atoms with E-state index in [1.807, 2.05) is 34.7 Å². The van der Waals surface area contributed by atoms with Crippen LogP contribution in [0, 0.1) is 5.92 Å². The average molecular weight is 396 g/mol. The molecule has 2 saturated heterocycles. The predicted molar refractivity (Wildman–Crippen MR) is 111 cm³/mol. The van der Waals surface area contributed by atoms with Crippen LogP contribution in [0.25, 0.3) is 11.0 Å². The van der Waals surface area contributed by atoms with Crippen molar-refractivity contribution in [1.82, 2.24) is 24.3 Å². The monoisotopic (exact) mass is 395 g/mol. The zero-order valence-corrected chi connectivity index (χ0v) is 17.1. The number of carbonyl (C=O) groups excluding carboxylic acids is 2. The number of imidazole rings is 1. The van der Waals surface area contributed by atoms with Crippen molar-refractivity contribution in [3.05, 3.63) is 30.1 Å². The third-order valence-electron chi connectivity index (χ3n) is 6.92. The minimum Gasteiger partial charge on any atom is -0.341 e. The predicted octanol–water partition coefficient (Wildman–Crippen LogP) is 1.73. The summed E-state index contributed by atoms with van der Waals surface area (Å²) in [6.07, 6.45) is 6.80. The smallest absolute Gasteiger partial charge is 0.253 e. The largest absolute Gasteiger partial charge is 0.341 e. The highest BCUT2D eigenvalue weighted by Gasteiger charge is 2.39. The van der Waals surface area contributed by atoms with Gasteiger partial charge in [0.1, 0.15) is 0 Å². The van der Waals surface area contributed by atoms with Crippen molar-refractivity contribution in [2.75, 3.05) is 39.3 Å². The van der Waals surface area contributed by atoms with E-state index in [4.69, 9.17) is 0 Å². The van der Waals surface area contributed by atoms with Gasteiger partial charge in [-0.15, -0.1) is 0 Å². The fraction of sp³-hybridized carbons (Fsp3) is 0.591. The molecule has 0 radical (unpaired) electrons. The second kappa shape index (κ2) is 7.44. The highest BCUT2D eigenvalue weighted by Crippen LogP contribution is 2.27. The first-order chi connectivity index (χ1) is 14.1. The lowest BCUT2D eigenvalue weighted by Crippen LogP contribution is -2.56. The Morgan fingerprint density at radius 2 is 1.83 bits per heavy atom. The highest BCUT2D eigenvalue weighted by molar-refractivity contribution is 5.98. The van der Waals surface area contributed by atoms with Crippen molar-refractivity contribution in [2.24, 2.45) is 13.0 Å². The van der Waals surface area contributed by atoms with Crippen LogP contribution in [-0.4, -0.2) is 81.4 Å². The summed E-state index contributed by atoms with van der Waals surface area (Å²) >= 11 is 0. The molecule has 3 aliphatic rings. The molecule has 0 unspecified atom stereocenters. The molecule has 0 N–H and O–H groups in total. The molecule has 1 aromatic heterocycles. The Hall–Kier alpha value is -2.41. The van der Waals surface area contributed by atoms with E-state index in [-0.39, 0.29) is 17.7 Å². The maximum absolute atomic E-state index is 12.9. The number of nitrogens with zero attached hydrogens (tertiary/aromatic N) is 5. The van der Waals surface area contributed by atoms with Gasteiger partial charge in [0.2, 0.25) is 5.91 Å². The van der Waals surface area contributed by atoms with Crippen LogP contribution in [0.4, 0.5) is 0 Å². The Bertz CT molecular complexity index is 928. The number of aromatic nitrogens is 2. The number of rotatable bonds is 3. The van der Waals surface area contributed by atoms with E-state index in [1.165, 1.54) is 19.3 Å². The van der Waals surface area contributed by atoms with Crippen molar-refractivity contribution in [1.29, 1.82) is 0 Å². The van der Waals surface area contributed by atoms with Gasteiger partial charge in [0.25, 0.3) is 5.91 Å². The number of fused-ring (bicyclic) bond motifs is 1. The molecule has 2 aromatic rings. The molecule has 154 valence electrons. The van der Waals surface area contributed by atoms with Gasteiger partial charge in [0.15, 0.2) is 0 Å². The number of likely N-dealkylation sites (tertiary alicyclic amines) is 1. The molecule has 0 spiro atoms. The standard InChI is InChI=1S/C22H29N5O2/c1-24-15-23-19-12-16(6-7-20(19)24)21(28)27-13-17(14-27)22(29)26-9-3-8-25(10-11-26)18-4-2-5-18/h6-7,12,15,17-18H,2-5,8-11,13-14H2,1H3. The quantitative estimate of drug-likeness (QED) is 0.794. The average Bonchev–Trinajstić information content (AvgIpc) is 2.85. The van der Waals surface area contributed by atoms with Crippen LogP contribution in [0.5, 0.6) is 0 Å². The lowest BCUT2D eigenvalue weighted by molar-refractivity contribution is -0.139. The summed E-state index contributed by atoms with van der Waals surface area (Å²) < 4.78 is 1.94. The minimum absolute atomic E-state index is 0.00590. The second-order valence-electron chi connectivity index (χ2n) is 8.77. The van der Waals surface area contributed by atoms with Crippen LogP contribution in [0.1, 0.15) is 36.0 Å². The molecule has 1 aliphatic carbocycles. The van der Waals surface area contributed by atoms with Crippen LogP contribution < -0.4 is 0 Å². The van der Waals surface area contributed by atoms with Gasteiger partial charge in [0.05, 0.1) is 23.3 Å². The summed E-state index contributed by atoms with van der Waals surface area (Å²) in [7, 11) is 1.94. The Labute approximate surface area is 171 Å². The fourth-order valence-electron chi connectivity index (χ4n) is 4.79. The Morgan fingerprint density at radius 3 is 2.59 bits per heavy atom. The van der Waals surface area contributed by atoms with Gasteiger partial charge in [-0.25, -0.2) is 4.98 Å². The van der Waals surface area contributed by atoms with Crippen molar-refractivity contribution in [2.45, 2.75) is 31.7 Å². The normalized spacial score (nSPS) is 21.7. The first-order valence-electron chi connectivity index (χ1n) is 10.8. The summed E-state index contributed by atoms with van der Waals surface area (Å²) in [6.45, 7) is 4.84. The maximum Gasteiger partial charge on any atom is 0.253 e. The molecule has 3 fully saturated rings. The first kappa shape index (κ1) is 18.6. The minimum atomic E-state index is -0.0483. The SMILES string of the molecule is Cn1cnc2cc(C(=O)N3CC(C(=O)N4CCCN(C5CCC5)CC4)C3)ccc21. The molecule has 7 heteroatoms. The molecule has 5 rings (SSSR count). The summed E-state index contributed by atoms with van der Waals surface area (Å²) in [4.78, 5) is 36.4. The van der Waals surface area contributed by atoms with Gasteiger partial charge in [-0.2, -0.15) is 0 Å². The van der Waals surface area contributed by atoms with Crippen LogP contribution >= 0.6 is 0 Å². The third kappa shape index (κ3) is 3.41. The van der Waals surface area contributed by atoms with Gasteiger partial charge < -0.3 is 14.4 Å². The zero-order valence-electron chi connectivity index (χ0n) is 17.1. The van der Waals surface area contributed by atoms with E-state index in [0.717, 1.165) is 49.7 Å². The van der Waals surface area contributed by atoms with Crippen molar-refractivity contribution in [3.8, 4) is 0 Å². The molecular weight excluding hydrogens is 366 g/mol. The van der Waals surface area contributed by atoms with Crippen LogP contribution in [0.15, 0.2) is 24.5 Å². The summed E-state index contributed by atoms with van der Waals surface area (Å²) in [5.41, 5.74) is 2.48. The molecule has 0 bridgehead atoms. The molecule has 0 atom stereocenters. The van der Waals surface area contributed by atoms with Crippen LogP contribution in [0.3, 0.4) is 0 Å². The molecule has 29 heavy (non-hydrogen) atoms. The molecule has 1 saturated carbocycles. The van der Waals surface area contributed by atoms with E-state index in [9.17, 15) is 9.59 Å². The number of carbonyl (C=O) groups is 2. The number of hydrogen-bond donors (Lipinski definition) is 0. The zero-order chi connectivity index (χ0) is 20.0. The van der Waals surface area contributed by atoms with E-state index in [2.05, 4.69) is 9.88 Å². The summed E-state index contributed by atoms with van der Waals surface area (Å²) in [5.74, 6) is 0.172. The van der Waals surface area contributed by atoms with Crippen LogP contribution in [0.2, 0.25) is 0 Å². The lowest BCUT2D eigenvalue weighted by Gasteiger charge is -2.40. The van der Waals surface area contributed by atoms with Gasteiger partial charge in [0, 0.05) is 57.9 Å². The number of amides is 2. The van der Waals surface area contributed by atoms with Crippen molar-refractivity contribution >= 4 is 22.8 Å². The maximum atomic E-state index is 12.9. The molecule has 1 aromatic carbocycles. The van der Waals surface area contributed by atoms with Crippen molar-refractivity contribution < 1.29 is 9.59 Å². The number of hydrogen-bond acceptors (Lipinski definition) is 4. The van der Waals surface area contributed by atoms with Crippen LogP contribution in [-0.2, 0) is 11.8 Å². The van der Waals surface area contributed by atoms with E-state index < -0.39 is 0 Å². The van der Waals surface area contributed by atoms with E-state index in [0.29, 0.717) is 18.7 Å². The van der Waals surface area contributed by atoms with Gasteiger partial charge >= 0.3 is 0 Å².